The van der Waals surface area contributed by atoms with Gasteiger partial charge in [0.05, 0.1) is 62.5 Å². The summed E-state index contributed by atoms with van der Waals surface area (Å²) in [6, 6.07) is 18.3. The normalized spacial score (nSPS) is 15.0. The molecule has 1 aromatic heterocycles. The molecule has 0 radical (unpaired) electrons. The van der Waals surface area contributed by atoms with Gasteiger partial charge in [-0.1, -0.05) is 12.1 Å². The number of nitrogens with one attached hydrogen (secondary N) is 3. The SMILES string of the molecule is COc1ccc(Nc2ncc(Nc3ccc(N4CCOCC4)c(F)c3)c(-c3cccc(NC(C)=O)c3)n2)cc1N1CCOCC1. The molecule has 0 spiro atoms. The number of nitrogens with zero attached hydrogens (tertiary/aromatic N) is 4. The fourth-order valence-electron chi connectivity index (χ4n) is 5.45. The molecule has 3 N–H and O–H groups in total. The van der Waals surface area contributed by atoms with E-state index < -0.39 is 0 Å². The van der Waals surface area contributed by atoms with Crippen LogP contribution in [-0.2, 0) is 14.3 Å². The van der Waals surface area contributed by atoms with Crippen LogP contribution in [0.15, 0.2) is 66.9 Å². The van der Waals surface area contributed by atoms with Gasteiger partial charge in [0.2, 0.25) is 11.9 Å². The molecule has 12 heteroatoms. The van der Waals surface area contributed by atoms with Crippen molar-refractivity contribution < 1.29 is 23.4 Å². The quantitative estimate of drug-likeness (QED) is 0.227. The number of carbonyl (C=O) groups is 1. The summed E-state index contributed by atoms with van der Waals surface area (Å²) >= 11 is 0. The lowest BCUT2D eigenvalue weighted by molar-refractivity contribution is -0.114. The maximum atomic E-state index is 15.2. The fourth-order valence-corrected chi connectivity index (χ4v) is 5.45. The van der Waals surface area contributed by atoms with Crippen LogP contribution in [0.25, 0.3) is 11.3 Å². The summed E-state index contributed by atoms with van der Waals surface area (Å²) in [5.74, 6) is 0.630. The largest absolute Gasteiger partial charge is 0.495 e. The number of carbonyl (C=O) groups excluding carboxylic acids is 1. The van der Waals surface area contributed by atoms with Gasteiger partial charge in [0.1, 0.15) is 11.6 Å². The number of anilines is 7. The van der Waals surface area contributed by atoms with E-state index >= 15 is 4.39 Å². The molecular weight excluding hydrogens is 577 g/mol. The average molecular weight is 614 g/mol. The Bertz CT molecular complexity index is 1660. The molecule has 2 aliphatic heterocycles. The highest BCUT2D eigenvalue weighted by molar-refractivity contribution is 5.90. The van der Waals surface area contributed by atoms with Crippen LogP contribution in [0.3, 0.4) is 0 Å². The highest BCUT2D eigenvalue weighted by Crippen LogP contribution is 2.35. The third-order valence-electron chi connectivity index (χ3n) is 7.61. The summed E-state index contributed by atoms with van der Waals surface area (Å²) in [6.45, 7) is 6.72. The van der Waals surface area contributed by atoms with E-state index in [4.69, 9.17) is 19.2 Å². The lowest BCUT2D eigenvalue weighted by Crippen LogP contribution is -2.36. The first-order valence-electron chi connectivity index (χ1n) is 14.9. The molecule has 0 unspecified atom stereocenters. The minimum Gasteiger partial charge on any atom is -0.495 e. The minimum atomic E-state index is -0.328. The zero-order valence-electron chi connectivity index (χ0n) is 25.3. The number of benzene rings is 3. The fraction of sp³-hybridized carbons (Fsp3) is 0.303. The molecule has 3 heterocycles. The Morgan fingerprint density at radius 2 is 1.53 bits per heavy atom. The van der Waals surface area contributed by atoms with Gasteiger partial charge in [0.25, 0.3) is 0 Å². The molecule has 2 aliphatic rings. The highest BCUT2D eigenvalue weighted by atomic mass is 19.1. The van der Waals surface area contributed by atoms with Gasteiger partial charge in [0, 0.05) is 55.7 Å². The molecule has 3 aromatic carbocycles. The molecule has 0 atom stereocenters. The van der Waals surface area contributed by atoms with Gasteiger partial charge in [-0.15, -0.1) is 0 Å². The number of halogens is 1. The summed E-state index contributed by atoms with van der Waals surface area (Å²) < 4.78 is 31.8. The Hall–Kier alpha value is -4.94. The number of methoxy groups -OCH3 is 1. The molecule has 2 saturated heterocycles. The summed E-state index contributed by atoms with van der Waals surface area (Å²) in [5, 5.41) is 9.45. The number of morpholine rings is 2. The van der Waals surface area contributed by atoms with Crippen molar-refractivity contribution in [3.05, 3.63) is 72.7 Å². The Morgan fingerprint density at radius 3 is 2.22 bits per heavy atom. The van der Waals surface area contributed by atoms with Crippen molar-refractivity contribution >= 4 is 46.0 Å². The van der Waals surface area contributed by atoms with Crippen molar-refractivity contribution in [1.29, 1.82) is 0 Å². The first-order valence-corrected chi connectivity index (χ1v) is 14.9. The number of aromatic nitrogens is 2. The molecule has 0 aliphatic carbocycles. The molecule has 4 aromatic rings. The summed E-state index contributed by atoms with van der Waals surface area (Å²) in [7, 11) is 1.66. The Labute approximate surface area is 261 Å². The lowest BCUT2D eigenvalue weighted by atomic mass is 10.1. The topological polar surface area (TPSA) is 113 Å². The predicted molar refractivity (Wildman–Crippen MR) is 174 cm³/mol. The molecule has 11 nitrogen and oxygen atoms in total. The second kappa shape index (κ2) is 13.8. The van der Waals surface area contributed by atoms with Gasteiger partial charge in [-0.3, -0.25) is 4.79 Å². The zero-order valence-corrected chi connectivity index (χ0v) is 25.3. The van der Waals surface area contributed by atoms with Crippen molar-refractivity contribution in [3.8, 4) is 17.0 Å². The van der Waals surface area contributed by atoms with Gasteiger partial charge < -0.3 is 40.0 Å². The molecule has 45 heavy (non-hydrogen) atoms. The highest BCUT2D eigenvalue weighted by Gasteiger charge is 2.19. The summed E-state index contributed by atoms with van der Waals surface area (Å²) in [4.78, 5) is 25.4. The van der Waals surface area contributed by atoms with Crippen LogP contribution in [0.2, 0.25) is 0 Å². The van der Waals surface area contributed by atoms with Crippen LogP contribution in [0.4, 0.5) is 44.5 Å². The first-order chi connectivity index (χ1) is 22.0. The number of rotatable bonds is 9. The number of ether oxygens (including phenoxy) is 3. The molecule has 0 saturated carbocycles. The number of hydrogen-bond donors (Lipinski definition) is 3. The van der Waals surface area contributed by atoms with E-state index in [0.29, 0.717) is 73.9 Å². The van der Waals surface area contributed by atoms with Gasteiger partial charge in [-0.2, -0.15) is 0 Å². The van der Waals surface area contributed by atoms with Crippen LogP contribution < -0.4 is 30.5 Å². The van der Waals surface area contributed by atoms with Gasteiger partial charge in [-0.25, -0.2) is 14.4 Å². The van der Waals surface area contributed by atoms with Gasteiger partial charge >= 0.3 is 0 Å². The predicted octanol–water partition coefficient (Wildman–Crippen LogP) is 5.41. The van der Waals surface area contributed by atoms with E-state index in [1.165, 1.54) is 13.0 Å². The van der Waals surface area contributed by atoms with Crippen LogP contribution in [0.1, 0.15) is 6.92 Å². The molecule has 0 bridgehead atoms. The minimum absolute atomic E-state index is 0.179. The van der Waals surface area contributed by atoms with E-state index in [0.717, 1.165) is 35.8 Å². The maximum Gasteiger partial charge on any atom is 0.227 e. The van der Waals surface area contributed by atoms with E-state index in [1.807, 2.05) is 53.4 Å². The summed E-state index contributed by atoms with van der Waals surface area (Å²) in [6.07, 6.45) is 1.66. The second-order valence-electron chi connectivity index (χ2n) is 10.7. The second-order valence-corrected chi connectivity index (χ2v) is 10.7. The van der Waals surface area contributed by atoms with E-state index in [-0.39, 0.29) is 11.7 Å². The van der Waals surface area contributed by atoms with E-state index in [2.05, 4.69) is 25.8 Å². The smallest absolute Gasteiger partial charge is 0.227 e. The molecule has 6 rings (SSSR count). The standard InChI is InChI=1S/C33H36FN7O4/c1-22(42)36-24-5-3-4-23(18-24)32-28(37-25-6-8-29(27(34)19-25)40-10-14-44-15-11-40)21-35-33(39-32)38-26-7-9-31(43-2)30(20-26)41-12-16-45-17-13-41/h3-9,18-21,37H,10-17H2,1-2H3,(H,36,42)(H,35,38,39). The van der Waals surface area contributed by atoms with Crippen molar-refractivity contribution in [2.45, 2.75) is 6.92 Å². The Balaban J connectivity index is 1.32. The van der Waals surface area contributed by atoms with Crippen LogP contribution in [0.5, 0.6) is 5.75 Å². The zero-order chi connectivity index (χ0) is 31.2. The Kier molecular flexibility index (Phi) is 9.22. The number of amides is 1. The third-order valence-corrected chi connectivity index (χ3v) is 7.61. The lowest BCUT2D eigenvalue weighted by Gasteiger charge is -2.30. The van der Waals surface area contributed by atoms with Crippen molar-refractivity contribution in [1.82, 2.24) is 9.97 Å². The van der Waals surface area contributed by atoms with Crippen LogP contribution in [-0.4, -0.2) is 75.6 Å². The van der Waals surface area contributed by atoms with Gasteiger partial charge in [0.15, 0.2) is 0 Å². The van der Waals surface area contributed by atoms with E-state index in [9.17, 15) is 4.79 Å². The third kappa shape index (κ3) is 7.24. The molecular formula is C33H36FN7O4. The van der Waals surface area contributed by atoms with Gasteiger partial charge in [-0.05, 0) is 48.5 Å². The molecule has 1 amide bonds. The van der Waals surface area contributed by atoms with Crippen LogP contribution >= 0.6 is 0 Å². The number of hydrogen-bond acceptors (Lipinski definition) is 10. The maximum absolute atomic E-state index is 15.2. The van der Waals surface area contributed by atoms with Crippen molar-refractivity contribution in [2.24, 2.45) is 0 Å². The van der Waals surface area contributed by atoms with E-state index in [1.54, 1.807) is 19.4 Å². The molecule has 2 fully saturated rings. The van der Waals surface area contributed by atoms with Crippen molar-refractivity contribution in [2.75, 3.05) is 85.5 Å². The Morgan fingerprint density at radius 1 is 0.844 bits per heavy atom. The monoisotopic (exact) mass is 613 g/mol. The first kappa shape index (κ1) is 30.1. The van der Waals surface area contributed by atoms with Crippen LogP contribution in [0, 0.1) is 5.82 Å². The molecule has 234 valence electrons. The summed E-state index contributed by atoms with van der Waals surface area (Å²) in [5.41, 5.74) is 5.35. The average Bonchev–Trinajstić information content (AvgIpc) is 3.06. The van der Waals surface area contributed by atoms with Crippen molar-refractivity contribution in [3.63, 3.8) is 0 Å².